The smallest absolute Gasteiger partial charge is 0.0936 e. The van der Waals surface area contributed by atoms with Crippen LogP contribution in [0.25, 0.3) is 11.6 Å². The van der Waals surface area contributed by atoms with Crippen molar-refractivity contribution in [1.82, 2.24) is 4.98 Å². The van der Waals surface area contributed by atoms with Crippen molar-refractivity contribution >= 4 is 23.0 Å². The summed E-state index contributed by atoms with van der Waals surface area (Å²) < 4.78 is 1.35. The lowest BCUT2D eigenvalue weighted by molar-refractivity contribution is 1.07. The number of nitrogens with zero attached hydrogens (tertiary/aromatic N) is 1. The van der Waals surface area contributed by atoms with Gasteiger partial charge in [-0.15, -0.1) is 11.3 Å². The second kappa shape index (κ2) is 2.92. The molecule has 0 atom stereocenters. The molecule has 0 radical (unpaired) electrons. The Hall–Kier alpha value is -1.15. The standard InChI is InChI=1S/C12H11NS/c1-2-11-13-12-9-6-4-3-5-8(9)7-10(12)14-11/h3-5,7H,2,6H2,1H3. The average Bonchev–Trinajstić information content (AvgIpc) is 2.73. The molecule has 1 nitrogen and oxygen atoms in total. The molecule has 2 aliphatic carbocycles. The van der Waals surface area contributed by atoms with Gasteiger partial charge in [0.05, 0.1) is 14.9 Å². The largest absolute Gasteiger partial charge is 0.241 e. The Morgan fingerprint density at radius 3 is 3.29 bits per heavy atom. The first-order chi connectivity index (χ1) is 6.88. The highest BCUT2D eigenvalue weighted by Crippen LogP contribution is 2.23. The van der Waals surface area contributed by atoms with Gasteiger partial charge in [-0.25, -0.2) is 4.98 Å². The van der Waals surface area contributed by atoms with Crippen molar-refractivity contribution in [2.45, 2.75) is 19.8 Å². The first kappa shape index (κ1) is 8.18. The molecule has 1 aromatic rings. The van der Waals surface area contributed by atoms with Gasteiger partial charge in [0.15, 0.2) is 0 Å². The Labute approximate surface area is 86.8 Å². The van der Waals surface area contributed by atoms with Crippen LogP contribution in [0.2, 0.25) is 0 Å². The van der Waals surface area contributed by atoms with Crippen LogP contribution in [0.1, 0.15) is 18.4 Å². The summed E-state index contributed by atoms with van der Waals surface area (Å²) in [6.45, 7) is 2.16. The minimum Gasteiger partial charge on any atom is -0.241 e. The summed E-state index contributed by atoms with van der Waals surface area (Å²) in [6.07, 6.45) is 10.9. The topological polar surface area (TPSA) is 12.9 Å². The fraction of sp³-hybridized carbons (Fsp3) is 0.250. The minimum atomic E-state index is 1.04. The fourth-order valence-electron chi connectivity index (χ4n) is 1.93. The molecule has 3 rings (SSSR count). The Bertz CT molecular complexity index is 558. The van der Waals surface area contributed by atoms with Gasteiger partial charge >= 0.3 is 0 Å². The molecule has 0 unspecified atom stereocenters. The molecule has 2 heteroatoms. The summed E-state index contributed by atoms with van der Waals surface area (Å²) in [5.74, 6) is 0. The van der Waals surface area contributed by atoms with E-state index in [0.717, 1.165) is 12.8 Å². The van der Waals surface area contributed by atoms with Gasteiger partial charge in [-0.2, -0.15) is 0 Å². The first-order valence-electron chi connectivity index (χ1n) is 4.96. The molecule has 0 bridgehead atoms. The molecule has 1 aromatic heterocycles. The lowest BCUT2D eigenvalue weighted by atomic mass is 10.0. The molecule has 14 heavy (non-hydrogen) atoms. The van der Waals surface area contributed by atoms with Crippen LogP contribution in [0.4, 0.5) is 0 Å². The third kappa shape index (κ3) is 1.04. The predicted molar refractivity (Wildman–Crippen MR) is 60.5 cm³/mol. The second-order valence-corrected chi connectivity index (χ2v) is 4.67. The monoisotopic (exact) mass is 201 g/mol. The Kier molecular flexibility index (Phi) is 1.71. The van der Waals surface area contributed by atoms with Gasteiger partial charge in [0, 0.05) is 0 Å². The molecule has 0 fully saturated rings. The van der Waals surface area contributed by atoms with Crippen LogP contribution in [0, 0.1) is 0 Å². The molecule has 0 saturated heterocycles. The highest BCUT2D eigenvalue weighted by molar-refractivity contribution is 7.09. The van der Waals surface area contributed by atoms with E-state index < -0.39 is 0 Å². The molecule has 1 heterocycles. The van der Waals surface area contributed by atoms with E-state index >= 15 is 0 Å². The average molecular weight is 201 g/mol. The zero-order chi connectivity index (χ0) is 9.54. The molecule has 2 aliphatic rings. The fourth-order valence-corrected chi connectivity index (χ4v) is 2.92. The summed E-state index contributed by atoms with van der Waals surface area (Å²) in [4.78, 5) is 4.67. The van der Waals surface area contributed by atoms with Gasteiger partial charge < -0.3 is 0 Å². The lowest BCUT2D eigenvalue weighted by Gasteiger charge is -2.04. The van der Waals surface area contributed by atoms with Crippen molar-refractivity contribution in [3.05, 3.63) is 38.7 Å². The lowest BCUT2D eigenvalue weighted by Crippen LogP contribution is -2.19. The molecule has 0 saturated carbocycles. The van der Waals surface area contributed by atoms with Crippen molar-refractivity contribution in [3.8, 4) is 0 Å². The summed E-state index contributed by atoms with van der Waals surface area (Å²) in [7, 11) is 0. The van der Waals surface area contributed by atoms with Gasteiger partial charge in [-0.3, -0.25) is 0 Å². The van der Waals surface area contributed by atoms with Crippen molar-refractivity contribution in [3.63, 3.8) is 0 Å². The van der Waals surface area contributed by atoms with E-state index in [9.17, 15) is 0 Å². The van der Waals surface area contributed by atoms with Crippen molar-refractivity contribution < 1.29 is 0 Å². The van der Waals surface area contributed by atoms with Gasteiger partial charge in [0.25, 0.3) is 0 Å². The van der Waals surface area contributed by atoms with E-state index in [1.54, 1.807) is 0 Å². The second-order valence-electron chi connectivity index (χ2n) is 3.55. The predicted octanol–water partition coefficient (Wildman–Crippen LogP) is 1.54. The number of allylic oxidation sites excluding steroid dienone is 4. The third-order valence-electron chi connectivity index (χ3n) is 2.65. The summed E-state index contributed by atoms with van der Waals surface area (Å²) in [6, 6.07) is 0. The van der Waals surface area contributed by atoms with E-state index in [1.165, 1.54) is 26.0 Å². The number of thiazole rings is 1. The van der Waals surface area contributed by atoms with Crippen LogP contribution < -0.4 is 9.88 Å². The van der Waals surface area contributed by atoms with Crippen molar-refractivity contribution in [1.29, 1.82) is 0 Å². The summed E-state index contributed by atoms with van der Waals surface area (Å²) in [5, 5.41) is 2.50. The van der Waals surface area contributed by atoms with Gasteiger partial charge in [-0.1, -0.05) is 25.2 Å². The molecule has 0 aliphatic heterocycles. The Morgan fingerprint density at radius 2 is 2.43 bits per heavy atom. The minimum absolute atomic E-state index is 1.04. The zero-order valence-electron chi connectivity index (χ0n) is 8.08. The normalized spacial score (nSPS) is 17.5. The maximum Gasteiger partial charge on any atom is 0.0936 e. The van der Waals surface area contributed by atoms with Crippen LogP contribution in [0.3, 0.4) is 0 Å². The molecule has 0 amide bonds. The number of aromatic nitrogens is 1. The quantitative estimate of drug-likeness (QED) is 0.671. The number of aryl methyl sites for hydroxylation is 1. The van der Waals surface area contributed by atoms with Crippen molar-refractivity contribution in [2.75, 3.05) is 0 Å². The van der Waals surface area contributed by atoms with Gasteiger partial charge in [0.2, 0.25) is 0 Å². The van der Waals surface area contributed by atoms with Crippen LogP contribution >= 0.6 is 11.3 Å². The van der Waals surface area contributed by atoms with E-state index in [4.69, 9.17) is 0 Å². The highest BCUT2D eigenvalue weighted by atomic mass is 32.1. The molecule has 0 N–H and O–H groups in total. The maximum atomic E-state index is 4.67. The summed E-state index contributed by atoms with van der Waals surface area (Å²) >= 11 is 1.83. The first-order valence-corrected chi connectivity index (χ1v) is 5.78. The molecule has 70 valence electrons. The Morgan fingerprint density at radius 1 is 1.50 bits per heavy atom. The molecule has 0 spiro atoms. The summed E-state index contributed by atoms with van der Waals surface area (Å²) in [5.41, 5.74) is 2.78. The highest BCUT2D eigenvalue weighted by Gasteiger charge is 2.14. The molecular formula is C12H11NS. The SMILES string of the molecule is CCc1nc2c(s1)=CC1=CC=CCC=21. The maximum absolute atomic E-state index is 4.67. The van der Waals surface area contributed by atoms with Crippen molar-refractivity contribution in [2.24, 2.45) is 0 Å². The zero-order valence-corrected chi connectivity index (χ0v) is 8.90. The van der Waals surface area contributed by atoms with Crippen LogP contribution in [0.5, 0.6) is 0 Å². The number of hydrogen-bond donors (Lipinski definition) is 0. The van der Waals surface area contributed by atoms with E-state index in [1.807, 2.05) is 11.3 Å². The van der Waals surface area contributed by atoms with Gasteiger partial charge in [-0.05, 0) is 30.1 Å². The van der Waals surface area contributed by atoms with Crippen LogP contribution in [0.15, 0.2) is 23.8 Å². The third-order valence-corrected chi connectivity index (χ3v) is 3.80. The number of fused-ring (bicyclic) bond motifs is 2. The van der Waals surface area contributed by atoms with E-state index in [2.05, 4.69) is 36.2 Å². The van der Waals surface area contributed by atoms with E-state index in [0.29, 0.717) is 0 Å². The van der Waals surface area contributed by atoms with E-state index in [-0.39, 0.29) is 0 Å². The number of hydrogen-bond acceptors (Lipinski definition) is 2. The van der Waals surface area contributed by atoms with Crippen LogP contribution in [-0.4, -0.2) is 4.98 Å². The Balaban J connectivity index is 2.31. The van der Waals surface area contributed by atoms with Crippen LogP contribution in [-0.2, 0) is 6.42 Å². The van der Waals surface area contributed by atoms with Gasteiger partial charge in [0.1, 0.15) is 0 Å². The molecule has 0 aromatic carbocycles. The molecular weight excluding hydrogens is 190 g/mol. The number of rotatable bonds is 1.